The van der Waals surface area contributed by atoms with Crippen LogP contribution in [0.4, 0.5) is 10.2 Å². The first-order valence-electron chi connectivity index (χ1n) is 4.71. The second-order valence-corrected chi connectivity index (χ2v) is 3.31. The van der Waals surface area contributed by atoms with Gasteiger partial charge in [-0.2, -0.15) is 0 Å². The minimum atomic E-state index is -0.274. The van der Waals surface area contributed by atoms with Crippen LogP contribution in [0.15, 0.2) is 18.3 Å². The fourth-order valence-electron chi connectivity index (χ4n) is 1.27. The van der Waals surface area contributed by atoms with E-state index < -0.39 is 0 Å². The van der Waals surface area contributed by atoms with Crippen molar-refractivity contribution in [3.8, 4) is 0 Å². The van der Waals surface area contributed by atoms with Crippen molar-refractivity contribution in [2.45, 2.75) is 13.3 Å². The maximum atomic E-state index is 13.3. The highest BCUT2D eigenvalue weighted by Crippen LogP contribution is 2.14. The Bertz CT molecular complexity index is 281. The average molecular weight is 217 g/mol. The highest BCUT2D eigenvalue weighted by molar-refractivity contribution is 6.17. The zero-order chi connectivity index (χ0) is 10.4. The van der Waals surface area contributed by atoms with Crippen LogP contribution < -0.4 is 4.90 Å². The van der Waals surface area contributed by atoms with Crippen LogP contribution in [-0.2, 0) is 0 Å². The molecule has 0 bridgehead atoms. The summed E-state index contributed by atoms with van der Waals surface area (Å²) in [5, 5.41) is 0. The monoisotopic (exact) mass is 216 g/mol. The molecule has 1 aromatic heterocycles. The number of pyridine rings is 1. The van der Waals surface area contributed by atoms with Gasteiger partial charge in [0.2, 0.25) is 0 Å². The van der Waals surface area contributed by atoms with Gasteiger partial charge in [-0.3, -0.25) is 0 Å². The van der Waals surface area contributed by atoms with Gasteiger partial charge >= 0.3 is 0 Å². The smallest absolute Gasteiger partial charge is 0.165 e. The number of hydrogen-bond donors (Lipinski definition) is 0. The summed E-state index contributed by atoms with van der Waals surface area (Å²) in [7, 11) is 0. The Morgan fingerprint density at radius 2 is 2.36 bits per heavy atom. The number of halogens is 2. The molecule has 0 spiro atoms. The molecule has 0 saturated heterocycles. The highest BCUT2D eigenvalue weighted by Gasteiger charge is 2.09. The SMILES string of the molecule is CCN(CCCCl)c1ncccc1F. The number of nitrogens with zero attached hydrogens (tertiary/aromatic N) is 2. The summed E-state index contributed by atoms with van der Waals surface area (Å²) in [6.07, 6.45) is 2.44. The number of alkyl halides is 1. The molecule has 0 aliphatic rings. The van der Waals surface area contributed by atoms with Crippen molar-refractivity contribution in [2.24, 2.45) is 0 Å². The minimum Gasteiger partial charge on any atom is -0.354 e. The second-order valence-electron chi connectivity index (χ2n) is 2.93. The van der Waals surface area contributed by atoms with Crippen LogP contribution in [0, 0.1) is 5.82 Å². The molecule has 0 fully saturated rings. The van der Waals surface area contributed by atoms with Gasteiger partial charge in [-0.15, -0.1) is 11.6 Å². The fraction of sp³-hybridized carbons (Fsp3) is 0.500. The summed E-state index contributed by atoms with van der Waals surface area (Å²) >= 11 is 5.59. The lowest BCUT2D eigenvalue weighted by Gasteiger charge is -2.21. The van der Waals surface area contributed by atoms with Crippen molar-refractivity contribution in [3.05, 3.63) is 24.1 Å². The highest BCUT2D eigenvalue weighted by atomic mass is 35.5. The topological polar surface area (TPSA) is 16.1 Å². The maximum Gasteiger partial charge on any atom is 0.165 e. The third-order valence-electron chi connectivity index (χ3n) is 1.98. The van der Waals surface area contributed by atoms with Crippen molar-refractivity contribution < 1.29 is 4.39 Å². The molecule has 1 heterocycles. The molecule has 14 heavy (non-hydrogen) atoms. The lowest BCUT2D eigenvalue weighted by atomic mass is 10.3. The molecule has 2 nitrogen and oxygen atoms in total. The van der Waals surface area contributed by atoms with Gasteiger partial charge in [0.15, 0.2) is 11.6 Å². The predicted molar refractivity (Wildman–Crippen MR) is 57.4 cm³/mol. The van der Waals surface area contributed by atoms with E-state index in [1.54, 1.807) is 12.3 Å². The molecule has 0 aliphatic heterocycles. The van der Waals surface area contributed by atoms with E-state index in [4.69, 9.17) is 11.6 Å². The van der Waals surface area contributed by atoms with Crippen molar-refractivity contribution >= 4 is 17.4 Å². The molecule has 0 saturated carbocycles. The Kier molecular flexibility index (Phi) is 4.66. The second kappa shape index (κ2) is 5.81. The molecule has 0 aliphatic carbocycles. The normalized spacial score (nSPS) is 10.2. The largest absolute Gasteiger partial charge is 0.354 e. The van der Waals surface area contributed by atoms with Gasteiger partial charge in [0.1, 0.15) is 0 Å². The van der Waals surface area contributed by atoms with E-state index in [0.29, 0.717) is 11.7 Å². The molecule has 4 heteroatoms. The van der Waals surface area contributed by atoms with Crippen LogP contribution in [0.2, 0.25) is 0 Å². The minimum absolute atomic E-state index is 0.274. The zero-order valence-corrected chi connectivity index (χ0v) is 8.97. The molecule has 0 aromatic carbocycles. The van der Waals surface area contributed by atoms with E-state index in [1.807, 2.05) is 11.8 Å². The van der Waals surface area contributed by atoms with E-state index in [0.717, 1.165) is 19.5 Å². The Hall–Kier alpha value is -0.830. The Morgan fingerprint density at radius 3 is 2.93 bits per heavy atom. The standard InChI is InChI=1S/C10H14ClFN2/c1-2-14(8-4-6-11)10-9(12)5-3-7-13-10/h3,5,7H,2,4,6,8H2,1H3. The number of aromatic nitrogens is 1. The van der Waals surface area contributed by atoms with Crippen LogP contribution in [0.25, 0.3) is 0 Å². The van der Waals surface area contributed by atoms with Crippen molar-refractivity contribution in [1.82, 2.24) is 4.98 Å². The third-order valence-corrected chi connectivity index (χ3v) is 2.25. The third kappa shape index (κ3) is 2.84. The molecule has 0 unspecified atom stereocenters. The molecular formula is C10H14ClFN2. The van der Waals surface area contributed by atoms with E-state index in [1.165, 1.54) is 6.07 Å². The first-order valence-corrected chi connectivity index (χ1v) is 5.24. The van der Waals surface area contributed by atoms with Gasteiger partial charge in [0.05, 0.1) is 0 Å². The Morgan fingerprint density at radius 1 is 1.57 bits per heavy atom. The summed E-state index contributed by atoms with van der Waals surface area (Å²) in [6, 6.07) is 3.01. The van der Waals surface area contributed by atoms with E-state index in [-0.39, 0.29) is 5.82 Å². The van der Waals surface area contributed by atoms with Crippen molar-refractivity contribution in [1.29, 1.82) is 0 Å². The molecule has 0 N–H and O–H groups in total. The lowest BCUT2D eigenvalue weighted by Crippen LogP contribution is -2.26. The van der Waals surface area contributed by atoms with Crippen molar-refractivity contribution in [2.75, 3.05) is 23.9 Å². The fourth-order valence-corrected chi connectivity index (χ4v) is 1.39. The van der Waals surface area contributed by atoms with Gasteiger partial charge in [-0.1, -0.05) is 0 Å². The summed E-state index contributed by atoms with van der Waals surface area (Å²) < 4.78 is 13.3. The molecule has 0 atom stereocenters. The first kappa shape index (κ1) is 11.2. The molecule has 78 valence electrons. The Balaban J connectivity index is 2.73. The van der Waals surface area contributed by atoms with Crippen LogP contribution in [-0.4, -0.2) is 24.0 Å². The maximum absolute atomic E-state index is 13.3. The molecule has 0 radical (unpaired) electrons. The molecular weight excluding hydrogens is 203 g/mol. The summed E-state index contributed by atoms with van der Waals surface area (Å²) in [4.78, 5) is 5.90. The number of anilines is 1. The summed E-state index contributed by atoms with van der Waals surface area (Å²) in [6.45, 7) is 3.46. The van der Waals surface area contributed by atoms with Crippen LogP contribution in [0.3, 0.4) is 0 Å². The summed E-state index contributed by atoms with van der Waals surface area (Å²) in [5.74, 6) is 0.731. The van der Waals surface area contributed by atoms with Crippen LogP contribution in [0.1, 0.15) is 13.3 Å². The van der Waals surface area contributed by atoms with Crippen molar-refractivity contribution in [3.63, 3.8) is 0 Å². The first-order chi connectivity index (χ1) is 6.79. The van der Waals surface area contributed by atoms with Crippen LogP contribution >= 0.6 is 11.6 Å². The Labute approximate surface area is 88.7 Å². The van der Waals surface area contributed by atoms with Gasteiger partial charge in [0, 0.05) is 25.2 Å². The molecule has 0 amide bonds. The average Bonchev–Trinajstić information content (AvgIpc) is 2.21. The quantitative estimate of drug-likeness (QED) is 0.704. The number of rotatable bonds is 5. The lowest BCUT2D eigenvalue weighted by molar-refractivity contribution is 0.609. The molecule has 1 rings (SSSR count). The predicted octanol–water partition coefficient (Wildman–Crippen LogP) is 2.68. The van der Waals surface area contributed by atoms with Gasteiger partial charge in [-0.05, 0) is 25.5 Å². The summed E-state index contributed by atoms with van der Waals surface area (Å²) in [5.41, 5.74) is 0. The van der Waals surface area contributed by atoms with E-state index >= 15 is 0 Å². The van der Waals surface area contributed by atoms with Gasteiger partial charge in [0.25, 0.3) is 0 Å². The van der Waals surface area contributed by atoms with Gasteiger partial charge in [-0.25, -0.2) is 9.37 Å². The van der Waals surface area contributed by atoms with Crippen LogP contribution in [0.5, 0.6) is 0 Å². The number of hydrogen-bond acceptors (Lipinski definition) is 2. The van der Waals surface area contributed by atoms with E-state index in [2.05, 4.69) is 4.98 Å². The van der Waals surface area contributed by atoms with Gasteiger partial charge < -0.3 is 4.90 Å². The zero-order valence-electron chi connectivity index (χ0n) is 8.21. The van der Waals surface area contributed by atoms with E-state index in [9.17, 15) is 4.39 Å². The molecule has 1 aromatic rings.